The van der Waals surface area contributed by atoms with E-state index in [4.69, 9.17) is 15.2 Å². The largest absolute Gasteiger partial charge is 0.490 e. The lowest BCUT2D eigenvalue weighted by atomic mass is 10.1. The van der Waals surface area contributed by atoms with Crippen LogP contribution in [0.1, 0.15) is 28.5 Å². The van der Waals surface area contributed by atoms with Crippen molar-refractivity contribution in [1.29, 1.82) is 0 Å². The normalized spacial score (nSPS) is 11.1. The van der Waals surface area contributed by atoms with Gasteiger partial charge in [-0.25, -0.2) is 14.4 Å². The maximum absolute atomic E-state index is 13.3. The number of nitrogens with one attached hydrogen (secondary N) is 1. The maximum Gasteiger partial charge on any atom is 0.292 e. The van der Waals surface area contributed by atoms with E-state index >= 15 is 0 Å². The average Bonchev–Trinajstić information content (AvgIpc) is 3.60. The number of amides is 1. The monoisotopic (exact) mass is 542 g/mol. The highest BCUT2D eigenvalue weighted by Crippen LogP contribution is 2.29. The summed E-state index contributed by atoms with van der Waals surface area (Å²) in [5.41, 5.74) is 10.7. The summed E-state index contributed by atoms with van der Waals surface area (Å²) in [6.07, 6.45) is 1.45. The number of hydrazone groups is 1. The van der Waals surface area contributed by atoms with Crippen LogP contribution < -0.4 is 20.6 Å². The Balaban J connectivity index is 1.35. The van der Waals surface area contributed by atoms with Crippen LogP contribution in [0.25, 0.3) is 17.1 Å². The third-order valence-electron chi connectivity index (χ3n) is 5.58. The first-order chi connectivity index (χ1) is 19.5. The summed E-state index contributed by atoms with van der Waals surface area (Å²) in [7, 11) is 0. The molecule has 0 saturated heterocycles. The molecule has 0 aliphatic carbocycles. The molecule has 1 amide bonds. The van der Waals surface area contributed by atoms with Gasteiger partial charge >= 0.3 is 0 Å². The molecule has 2 heterocycles. The summed E-state index contributed by atoms with van der Waals surface area (Å²) in [6.45, 7) is 2.49. The van der Waals surface area contributed by atoms with Crippen molar-refractivity contribution < 1.29 is 23.3 Å². The minimum absolute atomic E-state index is 0.0152. The van der Waals surface area contributed by atoms with E-state index in [1.54, 1.807) is 42.5 Å². The number of aromatic nitrogens is 5. The number of benzene rings is 3. The predicted molar refractivity (Wildman–Crippen MR) is 142 cm³/mol. The molecule has 3 aromatic carbocycles. The number of nitrogen functional groups attached to an aromatic ring is 1. The van der Waals surface area contributed by atoms with E-state index in [9.17, 15) is 9.18 Å². The van der Waals surface area contributed by atoms with Crippen molar-refractivity contribution >= 4 is 17.9 Å². The topological polar surface area (TPSA) is 156 Å². The molecule has 0 aliphatic heterocycles. The lowest BCUT2D eigenvalue weighted by Gasteiger charge is -2.12. The molecule has 202 valence electrons. The molecule has 12 nitrogen and oxygen atoms in total. The Labute approximate surface area is 227 Å². The van der Waals surface area contributed by atoms with Crippen LogP contribution in [0.15, 0.2) is 82.5 Å². The van der Waals surface area contributed by atoms with Crippen LogP contribution in [-0.2, 0) is 6.61 Å². The molecule has 0 bridgehead atoms. The smallest absolute Gasteiger partial charge is 0.292 e. The van der Waals surface area contributed by atoms with Gasteiger partial charge in [0, 0.05) is 5.56 Å². The first kappa shape index (κ1) is 26.0. The average molecular weight is 543 g/mol. The second-order valence-electron chi connectivity index (χ2n) is 8.29. The van der Waals surface area contributed by atoms with Gasteiger partial charge in [-0.1, -0.05) is 47.7 Å². The number of halogens is 1. The predicted octanol–water partition coefficient (Wildman–Crippen LogP) is 3.78. The van der Waals surface area contributed by atoms with E-state index in [-0.39, 0.29) is 35.4 Å². The molecule has 0 unspecified atom stereocenters. The molecule has 0 atom stereocenters. The van der Waals surface area contributed by atoms with Crippen LogP contribution in [0.2, 0.25) is 0 Å². The number of carbonyl (C=O) groups excluding carboxylic acids is 1. The molecule has 0 aliphatic rings. The molecule has 0 spiro atoms. The summed E-state index contributed by atoms with van der Waals surface area (Å²) < 4.78 is 30.6. The highest BCUT2D eigenvalue weighted by molar-refractivity contribution is 5.99. The van der Waals surface area contributed by atoms with Crippen LogP contribution >= 0.6 is 0 Å². The molecule has 5 rings (SSSR count). The second kappa shape index (κ2) is 11.9. The fourth-order valence-corrected chi connectivity index (χ4v) is 3.71. The van der Waals surface area contributed by atoms with Crippen LogP contribution in [-0.4, -0.2) is 44.0 Å². The SMILES string of the molecule is CCOc1cc(/C=N/NC(=O)c2c(-c3ccccc3)nnn2-c2nonc2N)ccc1OCc1ccc(F)cc1. The van der Waals surface area contributed by atoms with E-state index in [2.05, 4.69) is 35.8 Å². The Morgan fingerprint density at radius 1 is 1.07 bits per heavy atom. The number of rotatable bonds is 10. The van der Waals surface area contributed by atoms with Crippen molar-refractivity contribution in [3.8, 4) is 28.6 Å². The van der Waals surface area contributed by atoms with E-state index in [1.807, 2.05) is 25.1 Å². The Morgan fingerprint density at radius 2 is 1.88 bits per heavy atom. The number of hydrogen-bond acceptors (Lipinski definition) is 10. The van der Waals surface area contributed by atoms with Crippen LogP contribution in [0, 0.1) is 5.82 Å². The number of carbonyl (C=O) groups is 1. The van der Waals surface area contributed by atoms with Crippen LogP contribution in [0.3, 0.4) is 0 Å². The van der Waals surface area contributed by atoms with Gasteiger partial charge in [-0.3, -0.25) is 4.79 Å². The first-order valence-corrected chi connectivity index (χ1v) is 12.1. The molecule has 0 saturated carbocycles. The van der Waals surface area contributed by atoms with Gasteiger partial charge in [-0.05, 0) is 58.7 Å². The highest BCUT2D eigenvalue weighted by atomic mass is 19.1. The first-order valence-electron chi connectivity index (χ1n) is 12.1. The van der Waals surface area contributed by atoms with Gasteiger partial charge in [0.2, 0.25) is 11.6 Å². The van der Waals surface area contributed by atoms with Gasteiger partial charge in [-0.15, -0.1) is 5.10 Å². The highest BCUT2D eigenvalue weighted by Gasteiger charge is 2.25. The zero-order valence-electron chi connectivity index (χ0n) is 21.2. The van der Waals surface area contributed by atoms with Crippen molar-refractivity contribution in [1.82, 2.24) is 30.7 Å². The molecule has 40 heavy (non-hydrogen) atoms. The third-order valence-corrected chi connectivity index (χ3v) is 5.58. The number of ether oxygens (including phenoxy) is 2. The molecular weight excluding hydrogens is 519 g/mol. The Hall–Kier alpha value is -5.59. The number of nitrogens with two attached hydrogens (primary N) is 1. The Morgan fingerprint density at radius 3 is 2.60 bits per heavy atom. The zero-order valence-corrected chi connectivity index (χ0v) is 21.2. The quantitative estimate of drug-likeness (QED) is 0.198. The van der Waals surface area contributed by atoms with Crippen molar-refractivity contribution in [3.05, 3.63) is 95.4 Å². The molecule has 5 aromatic rings. The van der Waals surface area contributed by atoms with E-state index in [0.29, 0.717) is 29.2 Å². The molecular formula is C27H23FN8O4. The van der Waals surface area contributed by atoms with Crippen LogP contribution in [0.4, 0.5) is 10.2 Å². The third kappa shape index (κ3) is 5.78. The van der Waals surface area contributed by atoms with Gasteiger partial charge in [0.15, 0.2) is 17.2 Å². The number of hydrogen-bond donors (Lipinski definition) is 2. The van der Waals surface area contributed by atoms with Gasteiger partial charge < -0.3 is 15.2 Å². The number of anilines is 1. The summed E-state index contributed by atoms with van der Waals surface area (Å²) in [5, 5.41) is 19.5. The standard InChI is InChI=1S/C27H23FN8O4/c1-2-38-22-14-18(10-13-21(22)39-16-17-8-11-20(28)12-9-17)15-30-32-27(37)24-23(19-6-4-3-5-7-19)31-35-36(24)26-25(29)33-40-34-26/h3-15H,2,16H2,1H3,(H2,29,33)(H,32,37)/b30-15+. The van der Waals surface area contributed by atoms with Crippen molar-refractivity contribution in [2.24, 2.45) is 5.10 Å². The minimum atomic E-state index is -0.619. The summed E-state index contributed by atoms with van der Waals surface area (Å²) in [5.74, 6) is 0.0161. The van der Waals surface area contributed by atoms with Gasteiger partial charge in [0.05, 0.1) is 12.8 Å². The summed E-state index contributed by atoms with van der Waals surface area (Å²) >= 11 is 0. The maximum atomic E-state index is 13.3. The lowest BCUT2D eigenvalue weighted by molar-refractivity contribution is 0.0947. The molecule has 0 fully saturated rings. The molecule has 2 aromatic heterocycles. The van der Waals surface area contributed by atoms with Crippen molar-refractivity contribution in [3.63, 3.8) is 0 Å². The van der Waals surface area contributed by atoms with Gasteiger partial charge in [0.1, 0.15) is 18.1 Å². The van der Waals surface area contributed by atoms with Crippen molar-refractivity contribution in [2.75, 3.05) is 12.3 Å². The van der Waals surface area contributed by atoms with Crippen molar-refractivity contribution in [2.45, 2.75) is 13.5 Å². The van der Waals surface area contributed by atoms with Gasteiger partial charge in [-0.2, -0.15) is 9.78 Å². The van der Waals surface area contributed by atoms with E-state index in [1.165, 1.54) is 18.3 Å². The summed E-state index contributed by atoms with van der Waals surface area (Å²) in [4.78, 5) is 13.3. The van der Waals surface area contributed by atoms with E-state index in [0.717, 1.165) is 10.2 Å². The molecule has 13 heteroatoms. The summed E-state index contributed by atoms with van der Waals surface area (Å²) in [6, 6.07) is 20.3. The molecule has 3 N–H and O–H groups in total. The minimum Gasteiger partial charge on any atom is -0.490 e. The molecule has 0 radical (unpaired) electrons. The van der Waals surface area contributed by atoms with Gasteiger partial charge in [0.25, 0.3) is 5.91 Å². The van der Waals surface area contributed by atoms with E-state index < -0.39 is 5.91 Å². The van der Waals surface area contributed by atoms with Crippen LogP contribution in [0.5, 0.6) is 11.5 Å². The fourth-order valence-electron chi connectivity index (χ4n) is 3.71. The Bertz CT molecular complexity index is 1630. The Kier molecular flexibility index (Phi) is 7.72. The fraction of sp³-hybridized carbons (Fsp3) is 0.111. The number of nitrogens with zero attached hydrogens (tertiary/aromatic N) is 6. The lowest BCUT2D eigenvalue weighted by Crippen LogP contribution is -2.22. The second-order valence-corrected chi connectivity index (χ2v) is 8.29. The zero-order chi connectivity index (χ0) is 27.9.